The Morgan fingerprint density at radius 1 is 0.340 bits per heavy atom. The van der Waals surface area contributed by atoms with Crippen molar-refractivity contribution < 1.29 is 8.83 Å². The van der Waals surface area contributed by atoms with Crippen LogP contribution in [0, 0.1) is 0 Å². The van der Waals surface area contributed by atoms with Crippen LogP contribution >= 0.6 is 0 Å². The fourth-order valence-corrected chi connectivity index (χ4v) is 7.85. The molecule has 0 saturated heterocycles. The Kier molecular flexibility index (Phi) is 5.63. The molecule has 11 aromatic rings. The fraction of sp³-hybridized carbons (Fsp3) is 0. The summed E-state index contributed by atoms with van der Waals surface area (Å²) >= 11 is 0. The van der Waals surface area contributed by atoms with Crippen LogP contribution in [0.4, 0.5) is 0 Å². The van der Waals surface area contributed by atoms with Gasteiger partial charge in [-0.3, -0.25) is 9.97 Å². The van der Waals surface area contributed by atoms with Gasteiger partial charge in [0, 0.05) is 44.9 Å². The van der Waals surface area contributed by atoms with E-state index < -0.39 is 0 Å². The van der Waals surface area contributed by atoms with E-state index in [2.05, 4.69) is 127 Å². The number of hydrogen-bond donors (Lipinski definition) is 0. The van der Waals surface area contributed by atoms with Crippen molar-refractivity contribution in [1.82, 2.24) is 9.97 Å². The second-order valence-electron chi connectivity index (χ2n) is 12.9. The van der Waals surface area contributed by atoms with Crippen LogP contribution in [0.15, 0.2) is 167 Å². The largest absolute Gasteiger partial charge is 0.456 e. The van der Waals surface area contributed by atoms with Crippen LogP contribution < -0.4 is 0 Å². The molecule has 0 radical (unpaired) electrons. The summed E-state index contributed by atoms with van der Waals surface area (Å²) in [7, 11) is 0. The van der Waals surface area contributed by atoms with Gasteiger partial charge >= 0.3 is 0 Å². The highest BCUT2D eigenvalue weighted by atomic mass is 16.3. The lowest BCUT2D eigenvalue weighted by molar-refractivity contribution is 0.663. The van der Waals surface area contributed by atoms with E-state index >= 15 is 0 Å². The van der Waals surface area contributed by atoms with Crippen molar-refractivity contribution in [1.29, 1.82) is 0 Å². The summed E-state index contributed by atoms with van der Waals surface area (Å²) < 4.78 is 12.9. The van der Waals surface area contributed by atoms with Crippen LogP contribution in [0.5, 0.6) is 0 Å². The molecule has 0 N–H and O–H groups in total. The van der Waals surface area contributed by atoms with Crippen LogP contribution in [-0.4, -0.2) is 9.97 Å². The minimum atomic E-state index is 0.835. The van der Waals surface area contributed by atoms with E-state index in [-0.39, 0.29) is 0 Å². The van der Waals surface area contributed by atoms with Crippen molar-refractivity contribution in [3.8, 4) is 33.4 Å². The Bertz CT molecular complexity index is 3130. The lowest BCUT2D eigenvalue weighted by Gasteiger charge is -2.12. The third-order valence-corrected chi connectivity index (χ3v) is 10.2. The van der Waals surface area contributed by atoms with E-state index in [0.717, 1.165) is 99.1 Å². The number of hydrogen-bond acceptors (Lipinski definition) is 4. The molecule has 0 bridgehead atoms. The van der Waals surface area contributed by atoms with Gasteiger partial charge < -0.3 is 8.83 Å². The number of nitrogens with zero attached hydrogens (tertiary/aromatic N) is 2. The monoisotopic (exact) mass is 638 g/mol. The topological polar surface area (TPSA) is 52.1 Å². The van der Waals surface area contributed by atoms with E-state index in [1.807, 2.05) is 18.2 Å². The molecule has 0 amide bonds. The van der Waals surface area contributed by atoms with E-state index in [0.29, 0.717) is 0 Å². The number of aromatic nitrogens is 2. The third kappa shape index (κ3) is 3.93. The van der Waals surface area contributed by atoms with Crippen molar-refractivity contribution >= 4 is 76.5 Å². The first-order valence-electron chi connectivity index (χ1n) is 16.8. The van der Waals surface area contributed by atoms with Gasteiger partial charge in [0.15, 0.2) is 0 Å². The number of rotatable bonds is 3. The van der Waals surface area contributed by atoms with E-state index in [1.54, 1.807) is 12.4 Å². The Morgan fingerprint density at radius 3 is 1.74 bits per heavy atom. The molecule has 0 unspecified atom stereocenters. The van der Waals surface area contributed by atoms with Gasteiger partial charge in [-0.1, -0.05) is 109 Å². The first-order chi connectivity index (χ1) is 24.8. The summed E-state index contributed by atoms with van der Waals surface area (Å²) in [5.41, 5.74) is 12.0. The quantitative estimate of drug-likeness (QED) is 0.181. The summed E-state index contributed by atoms with van der Waals surface area (Å²) in [6.07, 6.45) is 3.55. The summed E-state index contributed by atoms with van der Waals surface area (Å²) in [5.74, 6) is 0. The van der Waals surface area contributed by atoms with Crippen LogP contribution in [-0.2, 0) is 0 Å². The number of fused-ring (bicyclic) bond motifs is 13. The Labute approximate surface area is 285 Å². The minimum Gasteiger partial charge on any atom is -0.456 e. The van der Waals surface area contributed by atoms with Gasteiger partial charge in [-0.15, -0.1) is 0 Å². The summed E-state index contributed by atoms with van der Waals surface area (Å²) in [6, 6.07) is 51.4. The van der Waals surface area contributed by atoms with Crippen molar-refractivity contribution in [3.05, 3.63) is 158 Å². The maximum atomic E-state index is 6.76. The molecule has 0 spiro atoms. The van der Waals surface area contributed by atoms with Crippen LogP contribution in [0.2, 0.25) is 0 Å². The molecule has 8 aromatic carbocycles. The first kappa shape index (κ1) is 27.2. The average Bonchev–Trinajstić information content (AvgIpc) is 3.76. The lowest BCUT2D eigenvalue weighted by atomic mass is 9.93. The van der Waals surface area contributed by atoms with Crippen LogP contribution in [0.3, 0.4) is 0 Å². The highest BCUT2D eigenvalue weighted by Gasteiger charge is 2.18. The predicted octanol–water partition coefficient (Wildman–Crippen LogP) is 12.7. The lowest BCUT2D eigenvalue weighted by Crippen LogP contribution is -1.89. The van der Waals surface area contributed by atoms with Gasteiger partial charge in [0.05, 0.1) is 16.4 Å². The standard InChI is InChI=1S/C46H26N2O2/c1-2-13-35-33(12-1)34-19-18-30(26-39(34)44-43(35)47-22-23-48-44)28-9-5-8-27(24-28)29-10-6-11-31(25-29)32-15-7-16-36-37-20-21-41-42(46(37)50-45(32)36)38-14-3-4-17-40(38)49-41/h1-26H. The van der Waals surface area contributed by atoms with Gasteiger partial charge in [0.2, 0.25) is 0 Å². The molecule has 0 atom stereocenters. The third-order valence-electron chi connectivity index (χ3n) is 10.2. The zero-order valence-corrected chi connectivity index (χ0v) is 26.7. The molecule has 4 heteroatoms. The average molecular weight is 639 g/mol. The van der Waals surface area contributed by atoms with E-state index in [4.69, 9.17) is 18.8 Å². The van der Waals surface area contributed by atoms with Crippen molar-refractivity contribution in [2.24, 2.45) is 0 Å². The van der Waals surface area contributed by atoms with Crippen molar-refractivity contribution in [2.75, 3.05) is 0 Å². The van der Waals surface area contributed by atoms with Gasteiger partial charge in [0.25, 0.3) is 0 Å². The molecule has 0 aliphatic rings. The summed E-state index contributed by atoms with van der Waals surface area (Å²) in [6.45, 7) is 0. The molecule has 232 valence electrons. The van der Waals surface area contributed by atoms with Crippen LogP contribution in [0.25, 0.3) is 110 Å². The Balaban J connectivity index is 1.04. The number of para-hydroxylation sites is 2. The SMILES string of the molecule is c1cc(-c2cccc(-c3cccc4c3oc3c4ccc4oc5ccccc5c43)c2)cc(-c2ccc3c4ccccc4c4nccnc4c3c2)c1. The second kappa shape index (κ2) is 10.4. The van der Waals surface area contributed by atoms with Gasteiger partial charge in [-0.05, 0) is 75.0 Å². The van der Waals surface area contributed by atoms with E-state index in [9.17, 15) is 0 Å². The van der Waals surface area contributed by atoms with Crippen molar-refractivity contribution in [3.63, 3.8) is 0 Å². The predicted molar refractivity (Wildman–Crippen MR) is 205 cm³/mol. The normalized spacial score (nSPS) is 12.0. The summed E-state index contributed by atoms with van der Waals surface area (Å²) in [4.78, 5) is 9.51. The number of benzene rings is 8. The fourth-order valence-electron chi connectivity index (χ4n) is 7.85. The molecule has 0 fully saturated rings. The minimum absolute atomic E-state index is 0.835. The maximum Gasteiger partial charge on any atom is 0.147 e. The van der Waals surface area contributed by atoms with Crippen molar-refractivity contribution in [2.45, 2.75) is 0 Å². The highest BCUT2D eigenvalue weighted by Crippen LogP contribution is 2.42. The molecule has 0 aliphatic heterocycles. The molecule has 11 rings (SSSR count). The first-order valence-corrected chi connectivity index (χ1v) is 16.8. The second-order valence-corrected chi connectivity index (χ2v) is 12.9. The van der Waals surface area contributed by atoms with Gasteiger partial charge in [0.1, 0.15) is 22.3 Å². The van der Waals surface area contributed by atoms with E-state index in [1.165, 1.54) is 10.8 Å². The molecular weight excluding hydrogens is 613 g/mol. The Hall–Kier alpha value is -6.78. The molecule has 50 heavy (non-hydrogen) atoms. The van der Waals surface area contributed by atoms with Crippen LogP contribution in [0.1, 0.15) is 0 Å². The molecule has 3 aromatic heterocycles. The Morgan fingerprint density at radius 2 is 0.920 bits per heavy atom. The highest BCUT2D eigenvalue weighted by molar-refractivity contribution is 6.24. The number of furan rings is 2. The summed E-state index contributed by atoms with van der Waals surface area (Å²) in [5, 5.41) is 8.88. The maximum absolute atomic E-state index is 6.76. The van der Waals surface area contributed by atoms with Gasteiger partial charge in [-0.25, -0.2) is 0 Å². The molecule has 0 aliphatic carbocycles. The molecule has 0 saturated carbocycles. The van der Waals surface area contributed by atoms with Gasteiger partial charge in [-0.2, -0.15) is 0 Å². The molecular formula is C46H26N2O2. The molecule has 3 heterocycles. The zero-order valence-electron chi connectivity index (χ0n) is 26.7. The smallest absolute Gasteiger partial charge is 0.147 e. The molecule has 4 nitrogen and oxygen atoms in total. The zero-order chi connectivity index (χ0) is 32.8.